The fraction of sp³-hybridized carbons (Fsp3) is 0.412. The molecular formula is C17H22F3N5O. The standard InChI is InChI=1S/C17H22F3N5O/c1-11-14(12(2)25(4)24-11)10-23-16(21-3)22-9-13-7-5-6-8-15(13)26-17(18,19)20/h5-8H,9-10H2,1-4H3,(H2,21,22,23). The molecule has 9 heteroatoms. The van der Waals surface area contributed by atoms with Gasteiger partial charge in [-0.3, -0.25) is 9.67 Å². The summed E-state index contributed by atoms with van der Waals surface area (Å²) in [5, 5.41) is 10.5. The van der Waals surface area contributed by atoms with Crippen molar-refractivity contribution in [2.24, 2.45) is 12.0 Å². The summed E-state index contributed by atoms with van der Waals surface area (Å²) < 4.78 is 43.3. The number of para-hydroxylation sites is 1. The van der Waals surface area contributed by atoms with Gasteiger partial charge in [0.1, 0.15) is 5.75 Å². The first-order chi connectivity index (χ1) is 12.2. The molecule has 0 saturated carbocycles. The monoisotopic (exact) mass is 369 g/mol. The van der Waals surface area contributed by atoms with Crippen LogP contribution in [0.15, 0.2) is 29.3 Å². The van der Waals surface area contributed by atoms with E-state index in [9.17, 15) is 13.2 Å². The third-order valence-electron chi connectivity index (χ3n) is 3.96. The summed E-state index contributed by atoms with van der Waals surface area (Å²) in [6, 6.07) is 5.99. The van der Waals surface area contributed by atoms with Gasteiger partial charge in [0.25, 0.3) is 0 Å². The van der Waals surface area contributed by atoms with Crippen molar-refractivity contribution in [3.8, 4) is 5.75 Å². The highest BCUT2D eigenvalue weighted by Gasteiger charge is 2.31. The van der Waals surface area contributed by atoms with Crippen LogP contribution >= 0.6 is 0 Å². The maximum Gasteiger partial charge on any atom is 0.573 e. The molecule has 0 radical (unpaired) electrons. The number of hydrogen-bond donors (Lipinski definition) is 2. The van der Waals surface area contributed by atoms with Crippen LogP contribution in [0.25, 0.3) is 0 Å². The maximum absolute atomic E-state index is 12.5. The Labute approximate surface area is 150 Å². The van der Waals surface area contributed by atoms with Crippen LogP contribution in [-0.2, 0) is 20.1 Å². The van der Waals surface area contributed by atoms with E-state index in [2.05, 4.69) is 25.5 Å². The molecule has 1 heterocycles. The van der Waals surface area contributed by atoms with Gasteiger partial charge in [0.05, 0.1) is 5.69 Å². The minimum Gasteiger partial charge on any atom is -0.405 e. The van der Waals surface area contributed by atoms with Crippen molar-refractivity contribution in [2.45, 2.75) is 33.3 Å². The minimum absolute atomic E-state index is 0.136. The third-order valence-corrected chi connectivity index (χ3v) is 3.96. The number of rotatable bonds is 5. The van der Waals surface area contributed by atoms with E-state index in [-0.39, 0.29) is 12.3 Å². The van der Waals surface area contributed by atoms with Gasteiger partial charge in [0.15, 0.2) is 5.96 Å². The van der Waals surface area contributed by atoms with E-state index >= 15 is 0 Å². The van der Waals surface area contributed by atoms with Crippen molar-refractivity contribution in [3.63, 3.8) is 0 Å². The van der Waals surface area contributed by atoms with E-state index in [1.165, 1.54) is 12.1 Å². The molecular weight excluding hydrogens is 347 g/mol. The van der Waals surface area contributed by atoms with Crippen molar-refractivity contribution in [2.75, 3.05) is 7.05 Å². The Balaban J connectivity index is 1.99. The molecule has 1 aromatic heterocycles. The van der Waals surface area contributed by atoms with Gasteiger partial charge in [-0.1, -0.05) is 18.2 Å². The lowest BCUT2D eigenvalue weighted by atomic mass is 10.2. The minimum atomic E-state index is -4.73. The first-order valence-electron chi connectivity index (χ1n) is 7.98. The average molecular weight is 369 g/mol. The highest BCUT2D eigenvalue weighted by atomic mass is 19.4. The smallest absolute Gasteiger partial charge is 0.405 e. The van der Waals surface area contributed by atoms with Crippen LogP contribution in [0, 0.1) is 13.8 Å². The number of nitrogens with one attached hydrogen (secondary N) is 2. The normalized spacial score (nSPS) is 12.2. The Morgan fingerprint density at radius 2 is 1.85 bits per heavy atom. The molecule has 0 saturated heterocycles. The summed E-state index contributed by atoms with van der Waals surface area (Å²) in [7, 11) is 3.47. The van der Waals surface area contributed by atoms with Gasteiger partial charge >= 0.3 is 6.36 Å². The number of guanidine groups is 1. The molecule has 2 aromatic rings. The second-order valence-corrected chi connectivity index (χ2v) is 5.71. The lowest BCUT2D eigenvalue weighted by molar-refractivity contribution is -0.274. The van der Waals surface area contributed by atoms with Crippen LogP contribution in [0.5, 0.6) is 5.75 Å². The molecule has 0 atom stereocenters. The number of hydrogen-bond acceptors (Lipinski definition) is 3. The molecule has 0 spiro atoms. The average Bonchev–Trinajstić information content (AvgIpc) is 2.80. The Bertz CT molecular complexity index is 783. The molecule has 6 nitrogen and oxygen atoms in total. The molecule has 0 aliphatic rings. The second kappa shape index (κ2) is 8.11. The summed E-state index contributed by atoms with van der Waals surface area (Å²) in [6.45, 7) is 4.53. The Hall–Kier alpha value is -2.71. The van der Waals surface area contributed by atoms with Gasteiger partial charge in [-0.05, 0) is 19.9 Å². The molecule has 142 valence electrons. The number of nitrogens with zero attached hydrogens (tertiary/aromatic N) is 3. The van der Waals surface area contributed by atoms with Crippen LogP contribution in [0.3, 0.4) is 0 Å². The maximum atomic E-state index is 12.5. The highest BCUT2D eigenvalue weighted by molar-refractivity contribution is 5.79. The van der Waals surface area contributed by atoms with E-state index in [1.807, 2.05) is 20.9 Å². The first kappa shape index (κ1) is 19.6. The Morgan fingerprint density at radius 3 is 2.42 bits per heavy atom. The summed E-state index contributed by atoms with van der Waals surface area (Å²) in [4.78, 5) is 4.09. The first-order valence-corrected chi connectivity index (χ1v) is 7.98. The molecule has 0 amide bonds. The lowest BCUT2D eigenvalue weighted by Gasteiger charge is -2.15. The van der Waals surface area contributed by atoms with Crippen molar-refractivity contribution < 1.29 is 17.9 Å². The lowest BCUT2D eigenvalue weighted by Crippen LogP contribution is -2.36. The molecule has 26 heavy (non-hydrogen) atoms. The fourth-order valence-corrected chi connectivity index (χ4v) is 2.52. The number of aryl methyl sites for hydroxylation is 2. The van der Waals surface area contributed by atoms with Crippen molar-refractivity contribution >= 4 is 5.96 Å². The van der Waals surface area contributed by atoms with E-state index in [0.29, 0.717) is 18.1 Å². The van der Waals surface area contributed by atoms with Crippen LogP contribution in [0.4, 0.5) is 13.2 Å². The Kier molecular flexibility index (Phi) is 6.12. The number of aliphatic imine (C=N–C) groups is 1. The molecule has 0 unspecified atom stereocenters. The summed E-state index contributed by atoms with van der Waals surface area (Å²) in [5.74, 6) is 0.233. The number of benzene rings is 1. The summed E-state index contributed by atoms with van der Waals surface area (Å²) in [6.07, 6.45) is -4.73. The topological polar surface area (TPSA) is 63.5 Å². The van der Waals surface area contributed by atoms with E-state index in [0.717, 1.165) is 17.0 Å². The highest BCUT2D eigenvalue weighted by Crippen LogP contribution is 2.26. The molecule has 0 fully saturated rings. The second-order valence-electron chi connectivity index (χ2n) is 5.71. The van der Waals surface area contributed by atoms with E-state index in [4.69, 9.17) is 0 Å². The molecule has 0 aliphatic carbocycles. The number of alkyl halides is 3. The summed E-state index contributed by atoms with van der Waals surface area (Å²) in [5.41, 5.74) is 3.38. The molecule has 2 rings (SSSR count). The van der Waals surface area contributed by atoms with E-state index < -0.39 is 6.36 Å². The summed E-state index contributed by atoms with van der Waals surface area (Å²) >= 11 is 0. The van der Waals surface area contributed by atoms with Crippen molar-refractivity contribution in [1.82, 2.24) is 20.4 Å². The van der Waals surface area contributed by atoms with Gasteiger partial charge in [0, 0.05) is 44.0 Å². The van der Waals surface area contributed by atoms with Gasteiger partial charge in [0.2, 0.25) is 0 Å². The van der Waals surface area contributed by atoms with Gasteiger partial charge in [-0.2, -0.15) is 5.10 Å². The number of halogens is 3. The quantitative estimate of drug-likeness (QED) is 0.628. The fourth-order valence-electron chi connectivity index (χ4n) is 2.52. The largest absolute Gasteiger partial charge is 0.573 e. The molecule has 2 N–H and O–H groups in total. The van der Waals surface area contributed by atoms with E-state index in [1.54, 1.807) is 23.9 Å². The Morgan fingerprint density at radius 1 is 1.19 bits per heavy atom. The third kappa shape index (κ3) is 5.14. The van der Waals surface area contributed by atoms with Crippen LogP contribution in [0.2, 0.25) is 0 Å². The predicted molar refractivity (Wildman–Crippen MR) is 92.8 cm³/mol. The molecule has 1 aromatic carbocycles. The number of aromatic nitrogens is 2. The van der Waals surface area contributed by atoms with Gasteiger partial charge in [-0.25, -0.2) is 0 Å². The van der Waals surface area contributed by atoms with Crippen molar-refractivity contribution in [3.05, 3.63) is 46.8 Å². The zero-order valence-electron chi connectivity index (χ0n) is 15.1. The van der Waals surface area contributed by atoms with Crippen LogP contribution in [-0.4, -0.2) is 29.2 Å². The van der Waals surface area contributed by atoms with Crippen molar-refractivity contribution in [1.29, 1.82) is 0 Å². The van der Waals surface area contributed by atoms with Gasteiger partial charge in [-0.15, -0.1) is 13.2 Å². The van der Waals surface area contributed by atoms with Crippen LogP contribution in [0.1, 0.15) is 22.5 Å². The van der Waals surface area contributed by atoms with Crippen LogP contribution < -0.4 is 15.4 Å². The molecule has 0 aliphatic heterocycles. The number of ether oxygens (including phenoxy) is 1. The zero-order valence-corrected chi connectivity index (χ0v) is 15.1. The zero-order chi connectivity index (χ0) is 19.3. The SMILES string of the molecule is CN=C(NCc1ccccc1OC(F)(F)F)NCc1c(C)nn(C)c1C. The molecule has 0 bridgehead atoms. The predicted octanol–water partition coefficient (Wildman–Crippen LogP) is 2.80. The van der Waals surface area contributed by atoms with Gasteiger partial charge < -0.3 is 15.4 Å².